The molecule has 12 aromatic heterocycles. The molecule has 19 heterocycles. The smallest absolute Gasteiger partial charge is 0.276 e. The van der Waals surface area contributed by atoms with Gasteiger partial charge >= 0.3 is 0 Å². The molecule has 34 heteroatoms. The Hall–Kier alpha value is -15.5. The molecule has 0 aliphatic carbocycles. The van der Waals surface area contributed by atoms with Crippen molar-refractivity contribution in [1.82, 2.24) is 95.4 Å². The number of hydrogen-bond donors (Lipinski definition) is 8. The molecule has 0 unspecified atom stereocenters. The fourth-order valence-corrected chi connectivity index (χ4v) is 19.4. The number of carbonyl (C=O) groups is 4. The van der Waals surface area contributed by atoms with Crippen LogP contribution in [0.2, 0.25) is 0 Å². The number of amides is 4. The normalized spacial score (nSPS) is 15.8. The monoisotopic (exact) mass is 1890 g/mol. The van der Waals surface area contributed by atoms with Gasteiger partial charge < -0.3 is 65.2 Å². The SMILES string of the molecule is CN(C)Cc1cncc(-c2ccc3[nH]nc(C(=O)Nc4ccc(N5CCCC5)nc4)c3c2)c1.CN1CCN(c2cncc(-c3ccc4[nH]nc(C(=O)Nc5ccc(N6CCCC6)nc5)c4c3)c2)CC1.O=C(Nc1ccc(N2CCCC2)nc1)c1n[nH]c2ccc(-c3cncc(N4CCOCC4)c3)cc12.O=C(Nc1ccc(N2CCCCC2)nc1)c1n[nH]c2ccc(-c3cncc(CN4CCCCC4)c3)cc12. The number of rotatable bonds is 22. The minimum Gasteiger partial charge on any atom is -0.378 e. The van der Waals surface area contributed by atoms with Gasteiger partial charge in [-0.15, -0.1) is 0 Å². The maximum atomic E-state index is 13.1. The van der Waals surface area contributed by atoms with E-state index in [0.29, 0.717) is 45.5 Å². The molecule has 0 atom stereocenters. The Morgan fingerprint density at radius 3 is 0.943 bits per heavy atom. The van der Waals surface area contributed by atoms with Crippen LogP contribution in [0.5, 0.6) is 0 Å². The van der Waals surface area contributed by atoms with Crippen molar-refractivity contribution in [3.8, 4) is 44.5 Å². The second-order valence-electron chi connectivity index (χ2n) is 37.4. The number of piperazine rings is 1. The Kier molecular flexibility index (Phi) is 28.8. The Balaban J connectivity index is 0.000000115. The van der Waals surface area contributed by atoms with Crippen LogP contribution in [-0.4, -0.2) is 258 Å². The number of hydrogen-bond acceptors (Lipinski definition) is 26. The zero-order valence-corrected chi connectivity index (χ0v) is 79.8. The highest BCUT2D eigenvalue weighted by atomic mass is 16.5. The van der Waals surface area contributed by atoms with Crippen LogP contribution in [0.3, 0.4) is 0 Å². The van der Waals surface area contributed by atoms with Gasteiger partial charge in [0.1, 0.15) is 23.3 Å². The zero-order valence-electron chi connectivity index (χ0n) is 79.8. The van der Waals surface area contributed by atoms with E-state index >= 15 is 0 Å². The van der Waals surface area contributed by atoms with Gasteiger partial charge in [0.25, 0.3) is 23.6 Å². The number of pyridine rings is 8. The van der Waals surface area contributed by atoms with Gasteiger partial charge in [0.15, 0.2) is 22.8 Å². The van der Waals surface area contributed by atoms with Crippen LogP contribution in [0.25, 0.3) is 88.1 Å². The van der Waals surface area contributed by atoms with Gasteiger partial charge in [0, 0.05) is 186 Å². The maximum absolute atomic E-state index is 13.1. The molecular formula is C107H117N29O5. The minimum absolute atomic E-state index is 0.257. The summed E-state index contributed by atoms with van der Waals surface area (Å²) in [6, 6.07) is 48.0. The molecule has 0 saturated carbocycles. The van der Waals surface area contributed by atoms with E-state index in [-0.39, 0.29) is 23.6 Å². The van der Waals surface area contributed by atoms with Crippen molar-refractivity contribution >= 4 is 125 Å². The number of morpholine rings is 1. The molecule has 7 fully saturated rings. The Bertz CT molecular complexity index is 7020. The van der Waals surface area contributed by atoms with Crippen molar-refractivity contribution in [1.29, 1.82) is 0 Å². The molecule has 16 aromatic rings. The first-order valence-electron chi connectivity index (χ1n) is 49.1. The molecule has 34 nitrogen and oxygen atoms in total. The second-order valence-corrected chi connectivity index (χ2v) is 37.4. The van der Waals surface area contributed by atoms with Crippen molar-refractivity contribution in [3.05, 3.63) is 254 Å². The predicted molar refractivity (Wildman–Crippen MR) is 556 cm³/mol. The number of aromatic amines is 4. The van der Waals surface area contributed by atoms with Gasteiger partial charge in [-0.25, -0.2) is 19.9 Å². The van der Waals surface area contributed by atoms with E-state index in [2.05, 4.69) is 177 Å². The number of H-pyrrole nitrogens is 4. The lowest BCUT2D eigenvalue weighted by atomic mass is 10.0. The zero-order chi connectivity index (χ0) is 95.9. The Morgan fingerprint density at radius 1 is 0.305 bits per heavy atom. The van der Waals surface area contributed by atoms with Crippen LogP contribution in [0.15, 0.2) is 220 Å². The number of likely N-dealkylation sites (tertiary alicyclic amines) is 1. The first-order valence-corrected chi connectivity index (χ1v) is 49.1. The van der Waals surface area contributed by atoms with E-state index in [1.807, 2.05) is 185 Å². The average Bonchev–Trinajstić information content (AvgIpc) is 1.68. The van der Waals surface area contributed by atoms with Crippen molar-refractivity contribution < 1.29 is 23.9 Å². The summed E-state index contributed by atoms with van der Waals surface area (Å²) in [5.74, 6) is 2.74. The number of aromatic nitrogens is 16. The summed E-state index contributed by atoms with van der Waals surface area (Å²) in [5, 5.41) is 44.0. The van der Waals surface area contributed by atoms with Crippen molar-refractivity contribution in [2.45, 2.75) is 90.1 Å². The highest BCUT2D eigenvalue weighted by molar-refractivity contribution is 6.15. The molecular weight excluding hydrogens is 1770 g/mol. The molecule has 0 spiro atoms. The summed E-state index contributed by atoms with van der Waals surface area (Å²) in [5.41, 5.74) is 19.9. The molecule has 141 heavy (non-hydrogen) atoms. The largest absolute Gasteiger partial charge is 0.378 e. The van der Waals surface area contributed by atoms with Crippen LogP contribution in [0.1, 0.15) is 130 Å². The fourth-order valence-electron chi connectivity index (χ4n) is 19.4. The summed E-state index contributed by atoms with van der Waals surface area (Å²) in [6.07, 6.45) is 36.7. The van der Waals surface area contributed by atoms with E-state index < -0.39 is 0 Å². The third-order valence-corrected chi connectivity index (χ3v) is 27.1. The molecule has 8 N–H and O–H groups in total. The number of nitrogens with zero attached hydrogens (tertiary/aromatic N) is 21. The van der Waals surface area contributed by atoms with Gasteiger partial charge in [-0.05, 0) is 260 Å². The Morgan fingerprint density at radius 2 is 0.610 bits per heavy atom. The van der Waals surface area contributed by atoms with Gasteiger partial charge in [0.2, 0.25) is 0 Å². The van der Waals surface area contributed by atoms with Crippen molar-refractivity contribution in [2.75, 3.05) is 190 Å². The Labute approximate surface area is 817 Å². The van der Waals surface area contributed by atoms with E-state index in [9.17, 15) is 19.2 Å². The summed E-state index contributed by atoms with van der Waals surface area (Å²) >= 11 is 0. The standard InChI is InChI=1S/C29H33N7O.C27H30N8O.C26H27N7O2.C25H27N7O/c37-29(32-24-8-10-27(31-19-24)36-13-5-2-6-14-36)28-25-16-22(7-9-26(25)33-34-28)23-15-21(17-30-18-23)20-35-11-3-1-4-12-35;1-33-10-12-34(13-11-33)22-14-20(16-28-18-22)19-4-6-24-23(15-19)26(32-31-24)27(36)30-21-5-7-25(29-17-21)35-8-2-3-9-35;34-26(29-20-4-6-24(28-16-20)33-7-1-2-8-33)25-22-14-18(3-5-23(22)30-31-25)19-13-21(17-27-15-19)32-9-11-35-12-10-32;1-31(2)16-17-11-19(14-26-13-17)18-5-7-22-21(12-18)24(30-29-22)25(33)28-20-6-8-23(27-15-20)32-9-3-4-10-32/h7-10,15-19H,1-6,11-14,20H2,(H,32,37)(H,33,34);4-7,14-18H,2-3,8-13H2,1H3,(H,30,36)(H,31,32);3-6,13-17H,1-2,7-12H2,(H,29,34)(H,30,31);5-8,11-15H,3-4,9-10,16H2,1-2H3,(H,28,33)(H,29,30). The first-order chi connectivity index (χ1) is 69.2. The van der Waals surface area contributed by atoms with E-state index in [4.69, 9.17) is 4.74 Å². The summed E-state index contributed by atoms with van der Waals surface area (Å²) in [4.78, 5) is 109. The topological polar surface area (TPSA) is 373 Å². The van der Waals surface area contributed by atoms with Gasteiger partial charge in [-0.1, -0.05) is 30.7 Å². The lowest BCUT2D eigenvalue weighted by molar-refractivity contribution is 0.101. The molecule has 4 amide bonds. The summed E-state index contributed by atoms with van der Waals surface area (Å²) < 4.78 is 5.47. The highest BCUT2D eigenvalue weighted by Gasteiger charge is 2.27. The van der Waals surface area contributed by atoms with Crippen LogP contribution in [0, 0.1) is 0 Å². The highest BCUT2D eigenvalue weighted by Crippen LogP contribution is 2.36. The number of fused-ring (bicyclic) bond motifs is 4. The number of piperidine rings is 2. The quantitative estimate of drug-likeness (QED) is 0.0312. The van der Waals surface area contributed by atoms with Crippen LogP contribution < -0.4 is 50.7 Å². The summed E-state index contributed by atoms with van der Waals surface area (Å²) in [6.45, 7) is 19.5. The van der Waals surface area contributed by atoms with Crippen LogP contribution in [-0.2, 0) is 17.8 Å². The average molecular weight is 1890 g/mol. The van der Waals surface area contributed by atoms with Crippen molar-refractivity contribution in [2.24, 2.45) is 0 Å². The summed E-state index contributed by atoms with van der Waals surface area (Å²) in [7, 11) is 6.22. The predicted octanol–water partition coefficient (Wildman–Crippen LogP) is 16.5. The molecule has 4 aromatic carbocycles. The molecule has 0 radical (unpaired) electrons. The van der Waals surface area contributed by atoms with E-state index in [1.54, 1.807) is 24.8 Å². The molecule has 23 rings (SSSR count). The maximum Gasteiger partial charge on any atom is 0.276 e. The van der Waals surface area contributed by atoms with Crippen molar-refractivity contribution in [3.63, 3.8) is 0 Å². The first kappa shape index (κ1) is 93.1. The number of anilines is 10. The number of carbonyl (C=O) groups excluding carboxylic acids is 4. The number of benzene rings is 4. The lowest BCUT2D eigenvalue weighted by Gasteiger charge is -2.34. The molecule has 7 saturated heterocycles. The number of likely N-dealkylation sites (N-methyl/N-ethyl adjacent to an activating group) is 1. The number of nitrogens with one attached hydrogen (secondary N) is 8. The number of ether oxygens (including phenoxy) is 1. The fraction of sp³-hybridized carbons (Fsp3) is 0.327. The second kappa shape index (κ2) is 43.7. The minimum atomic E-state index is -0.274. The van der Waals surface area contributed by atoms with Gasteiger partial charge in [-0.3, -0.25) is 64.4 Å². The molecule has 7 aliphatic heterocycles. The van der Waals surface area contributed by atoms with Gasteiger partial charge in [0.05, 0.1) is 107 Å². The van der Waals surface area contributed by atoms with Crippen LogP contribution >= 0.6 is 0 Å². The van der Waals surface area contributed by atoms with Gasteiger partial charge in [-0.2, -0.15) is 20.4 Å². The molecule has 720 valence electrons. The van der Waals surface area contributed by atoms with E-state index in [1.165, 1.54) is 82.6 Å². The van der Waals surface area contributed by atoms with E-state index in [0.717, 1.165) is 259 Å². The van der Waals surface area contributed by atoms with Crippen LogP contribution in [0.4, 0.5) is 57.4 Å². The molecule has 7 aliphatic rings. The lowest BCUT2D eigenvalue weighted by Crippen LogP contribution is -2.44. The molecule has 0 bridgehead atoms. The third kappa shape index (κ3) is 22.6. The third-order valence-electron chi connectivity index (χ3n) is 27.1.